The lowest BCUT2D eigenvalue weighted by molar-refractivity contribution is 0.0952. The summed E-state index contributed by atoms with van der Waals surface area (Å²) in [6.07, 6.45) is 0. The van der Waals surface area contributed by atoms with Crippen molar-refractivity contribution in [3.8, 4) is 0 Å². The Labute approximate surface area is 104 Å². The minimum absolute atomic E-state index is 0.0132. The second kappa shape index (κ2) is 4.92. The van der Waals surface area contributed by atoms with Crippen molar-refractivity contribution in [2.45, 2.75) is 6.54 Å². The number of carbonyl (C=O) groups is 1. The molecule has 1 N–H and O–H groups in total. The minimum atomic E-state index is -0.0132. The molecular weight excluding hydrogens is 294 g/mol. The molecule has 5 heteroatoms. The van der Waals surface area contributed by atoms with Crippen LogP contribution in [-0.2, 0) is 6.54 Å². The standard InChI is InChI=1S/C10H8BrNOS2/c11-8-3-9(15-6-8)4-12-10(13)7-1-2-14-5-7/h1-3,5-6H,4H2,(H,12,13). The maximum absolute atomic E-state index is 11.6. The van der Waals surface area contributed by atoms with Gasteiger partial charge in [-0.15, -0.1) is 11.3 Å². The molecule has 2 heterocycles. The Morgan fingerprint density at radius 1 is 1.47 bits per heavy atom. The molecule has 0 aliphatic rings. The summed E-state index contributed by atoms with van der Waals surface area (Å²) < 4.78 is 1.06. The number of halogens is 1. The van der Waals surface area contributed by atoms with Crippen molar-refractivity contribution in [2.24, 2.45) is 0 Å². The van der Waals surface area contributed by atoms with Crippen LogP contribution in [0.2, 0.25) is 0 Å². The van der Waals surface area contributed by atoms with E-state index in [1.165, 1.54) is 11.3 Å². The number of rotatable bonds is 3. The van der Waals surface area contributed by atoms with Crippen molar-refractivity contribution in [1.82, 2.24) is 5.32 Å². The fourth-order valence-corrected chi connectivity index (χ4v) is 3.14. The Morgan fingerprint density at radius 3 is 2.93 bits per heavy atom. The van der Waals surface area contributed by atoms with Gasteiger partial charge in [-0.3, -0.25) is 4.79 Å². The van der Waals surface area contributed by atoms with E-state index in [0.29, 0.717) is 6.54 Å². The van der Waals surface area contributed by atoms with Gasteiger partial charge in [0.25, 0.3) is 5.91 Å². The summed E-state index contributed by atoms with van der Waals surface area (Å²) in [7, 11) is 0. The van der Waals surface area contributed by atoms with Crippen LogP contribution in [0.25, 0.3) is 0 Å². The van der Waals surface area contributed by atoms with Crippen LogP contribution in [0.5, 0.6) is 0 Å². The Hall–Kier alpha value is -0.650. The third-order valence-electron chi connectivity index (χ3n) is 1.83. The van der Waals surface area contributed by atoms with E-state index in [4.69, 9.17) is 0 Å². The van der Waals surface area contributed by atoms with E-state index in [2.05, 4.69) is 21.2 Å². The SMILES string of the molecule is O=C(NCc1cc(Br)cs1)c1ccsc1. The van der Waals surface area contributed by atoms with Crippen LogP contribution in [0.3, 0.4) is 0 Å². The van der Waals surface area contributed by atoms with Gasteiger partial charge < -0.3 is 5.32 Å². The maximum Gasteiger partial charge on any atom is 0.252 e. The zero-order chi connectivity index (χ0) is 10.7. The molecule has 0 spiro atoms. The molecule has 1 amide bonds. The first kappa shape index (κ1) is 10.9. The number of amides is 1. The number of hydrogen-bond donors (Lipinski definition) is 1. The van der Waals surface area contributed by atoms with Gasteiger partial charge in [-0.1, -0.05) is 0 Å². The van der Waals surface area contributed by atoms with Crippen molar-refractivity contribution in [1.29, 1.82) is 0 Å². The largest absolute Gasteiger partial charge is 0.347 e. The zero-order valence-corrected chi connectivity index (χ0v) is 10.9. The van der Waals surface area contributed by atoms with Crippen molar-refractivity contribution in [3.63, 3.8) is 0 Å². The molecule has 2 rings (SSSR count). The molecular formula is C10H8BrNOS2. The van der Waals surface area contributed by atoms with Crippen molar-refractivity contribution in [3.05, 3.63) is 43.2 Å². The van der Waals surface area contributed by atoms with Crippen LogP contribution in [0.4, 0.5) is 0 Å². The highest BCUT2D eigenvalue weighted by molar-refractivity contribution is 9.10. The summed E-state index contributed by atoms with van der Waals surface area (Å²) in [6.45, 7) is 0.588. The molecule has 2 aromatic rings. The van der Waals surface area contributed by atoms with E-state index in [1.807, 2.05) is 28.3 Å². The van der Waals surface area contributed by atoms with Crippen molar-refractivity contribution in [2.75, 3.05) is 0 Å². The van der Waals surface area contributed by atoms with E-state index in [9.17, 15) is 4.79 Å². The highest BCUT2D eigenvalue weighted by atomic mass is 79.9. The normalized spacial score (nSPS) is 10.2. The molecule has 2 nitrogen and oxygen atoms in total. The van der Waals surface area contributed by atoms with E-state index < -0.39 is 0 Å². The lowest BCUT2D eigenvalue weighted by atomic mass is 10.3. The fourth-order valence-electron chi connectivity index (χ4n) is 1.11. The van der Waals surface area contributed by atoms with Gasteiger partial charge in [0.1, 0.15) is 0 Å². The van der Waals surface area contributed by atoms with Crippen molar-refractivity contribution < 1.29 is 4.79 Å². The first-order valence-electron chi connectivity index (χ1n) is 4.29. The molecule has 0 radical (unpaired) electrons. The molecule has 0 unspecified atom stereocenters. The van der Waals surface area contributed by atoms with E-state index >= 15 is 0 Å². The van der Waals surface area contributed by atoms with Gasteiger partial charge in [0, 0.05) is 25.7 Å². The van der Waals surface area contributed by atoms with E-state index in [-0.39, 0.29) is 5.91 Å². The monoisotopic (exact) mass is 301 g/mol. The highest BCUT2D eigenvalue weighted by Crippen LogP contribution is 2.19. The number of nitrogens with one attached hydrogen (secondary N) is 1. The van der Waals surface area contributed by atoms with Crippen LogP contribution in [-0.4, -0.2) is 5.91 Å². The quantitative estimate of drug-likeness (QED) is 0.923. The molecule has 0 aliphatic carbocycles. The maximum atomic E-state index is 11.6. The molecule has 0 atom stereocenters. The van der Waals surface area contributed by atoms with Gasteiger partial charge in [0.15, 0.2) is 0 Å². The molecule has 0 aromatic carbocycles. The minimum Gasteiger partial charge on any atom is -0.347 e. The Bertz CT molecular complexity index is 450. The average Bonchev–Trinajstić information content (AvgIpc) is 2.84. The molecule has 78 valence electrons. The van der Waals surface area contributed by atoms with E-state index in [0.717, 1.165) is 14.9 Å². The molecule has 0 aliphatic heterocycles. The molecule has 0 fully saturated rings. The second-order valence-electron chi connectivity index (χ2n) is 2.93. The van der Waals surface area contributed by atoms with Crippen LogP contribution >= 0.6 is 38.6 Å². The van der Waals surface area contributed by atoms with Crippen LogP contribution in [0.1, 0.15) is 15.2 Å². The number of thiophene rings is 2. The molecule has 2 aromatic heterocycles. The third kappa shape index (κ3) is 2.90. The highest BCUT2D eigenvalue weighted by Gasteiger charge is 2.05. The van der Waals surface area contributed by atoms with Gasteiger partial charge in [-0.2, -0.15) is 11.3 Å². The zero-order valence-electron chi connectivity index (χ0n) is 7.70. The third-order valence-corrected chi connectivity index (χ3v) is 4.21. The first-order chi connectivity index (χ1) is 7.25. The summed E-state index contributed by atoms with van der Waals surface area (Å²) in [6, 6.07) is 3.84. The Morgan fingerprint density at radius 2 is 2.33 bits per heavy atom. The smallest absolute Gasteiger partial charge is 0.252 e. The fraction of sp³-hybridized carbons (Fsp3) is 0.100. The van der Waals surface area contributed by atoms with Gasteiger partial charge in [0.2, 0.25) is 0 Å². The molecule has 0 saturated carbocycles. The number of hydrogen-bond acceptors (Lipinski definition) is 3. The average molecular weight is 302 g/mol. The van der Waals surface area contributed by atoms with Gasteiger partial charge in [-0.25, -0.2) is 0 Å². The predicted octanol–water partition coefficient (Wildman–Crippen LogP) is 3.50. The van der Waals surface area contributed by atoms with Crippen LogP contribution < -0.4 is 5.32 Å². The Kier molecular flexibility index (Phi) is 3.56. The topological polar surface area (TPSA) is 29.1 Å². The molecule has 0 bridgehead atoms. The van der Waals surface area contributed by atoms with Gasteiger partial charge in [0.05, 0.1) is 6.54 Å². The molecule has 0 saturated heterocycles. The van der Waals surface area contributed by atoms with Gasteiger partial charge in [-0.05, 0) is 33.4 Å². The summed E-state index contributed by atoms with van der Waals surface area (Å²) in [4.78, 5) is 12.7. The summed E-state index contributed by atoms with van der Waals surface area (Å²) in [5, 5.41) is 8.62. The predicted molar refractivity (Wildman–Crippen MR) is 67.5 cm³/mol. The van der Waals surface area contributed by atoms with Gasteiger partial charge >= 0.3 is 0 Å². The second-order valence-corrected chi connectivity index (χ2v) is 5.62. The summed E-state index contributed by atoms with van der Waals surface area (Å²) in [5.74, 6) is -0.0132. The summed E-state index contributed by atoms with van der Waals surface area (Å²) in [5.41, 5.74) is 0.732. The number of carbonyl (C=O) groups excluding carboxylic acids is 1. The lowest BCUT2D eigenvalue weighted by Gasteiger charge is -2.00. The van der Waals surface area contributed by atoms with Crippen molar-refractivity contribution >= 4 is 44.5 Å². The molecule has 15 heavy (non-hydrogen) atoms. The van der Waals surface area contributed by atoms with Crippen LogP contribution in [0, 0.1) is 0 Å². The summed E-state index contributed by atoms with van der Waals surface area (Å²) >= 11 is 6.54. The first-order valence-corrected chi connectivity index (χ1v) is 6.90. The van der Waals surface area contributed by atoms with Crippen LogP contribution in [0.15, 0.2) is 32.7 Å². The lowest BCUT2D eigenvalue weighted by Crippen LogP contribution is -2.21. The van der Waals surface area contributed by atoms with E-state index in [1.54, 1.807) is 11.3 Å². The Balaban J connectivity index is 1.91.